The third-order valence-electron chi connectivity index (χ3n) is 10.8. The van der Waals surface area contributed by atoms with Gasteiger partial charge < -0.3 is 14.2 Å². The van der Waals surface area contributed by atoms with Crippen LogP contribution in [0.1, 0.15) is 265 Å². The fourth-order valence-corrected chi connectivity index (χ4v) is 7.16. The SMILES string of the molecule is CCCCCCCCCCCCCCCC(=O)OC[C@@H](COC(=O)CCCCCCCCCCC(C)C)OC(=O)CCCCCCCCCCCCCC. The normalized spacial score (nSPS) is 11.9. The van der Waals surface area contributed by atoms with Crippen molar-refractivity contribution in [2.24, 2.45) is 5.92 Å². The van der Waals surface area contributed by atoms with Crippen LogP contribution in [0, 0.1) is 5.92 Å². The van der Waals surface area contributed by atoms with E-state index in [2.05, 4.69) is 27.7 Å². The largest absolute Gasteiger partial charge is 0.462 e. The highest BCUT2D eigenvalue weighted by molar-refractivity contribution is 5.71. The number of carbonyl (C=O) groups is 3. The summed E-state index contributed by atoms with van der Waals surface area (Å²) in [5.74, 6) is -0.0554. The number of carbonyl (C=O) groups excluding carboxylic acids is 3. The molecule has 0 spiro atoms. The maximum atomic E-state index is 12.7. The molecule has 0 aliphatic carbocycles. The van der Waals surface area contributed by atoms with Gasteiger partial charge in [-0.2, -0.15) is 0 Å². The number of hydrogen-bond donors (Lipinski definition) is 0. The van der Waals surface area contributed by atoms with Crippen molar-refractivity contribution in [2.45, 2.75) is 271 Å². The molecule has 0 bridgehead atoms. The average Bonchev–Trinajstić information content (AvgIpc) is 3.15. The summed E-state index contributed by atoms with van der Waals surface area (Å²) in [6.45, 7) is 8.97. The van der Waals surface area contributed by atoms with Crippen LogP contribution in [0.15, 0.2) is 0 Å². The summed E-state index contributed by atoms with van der Waals surface area (Å²) in [6.07, 6.45) is 42.3. The smallest absolute Gasteiger partial charge is 0.306 e. The zero-order valence-electron chi connectivity index (χ0n) is 36.7. The van der Waals surface area contributed by atoms with E-state index in [0.29, 0.717) is 19.3 Å². The second-order valence-corrected chi connectivity index (χ2v) is 16.9. The van der Waals surface area contributed by atoms with Gasteiger partial charge in [-0.05, 0) is 25.2 Å². The third-order valence-corrected chi connectivity index (χ3v) is 10.8. The quantitative estimate of drug-likeness (QED) is 0.0349. The van der Waals surface area contributed by atoms with Crippen molar-refractivity contribution in [1.82, 2.24) is 0 Å². The van der Waals surface area contributed by atoms with Crippen molar-refractivity contribution >= 4 is 17.9 Å². The average molecular weight is 765 g/mol. The van der Waals surface area contributed by atoms with Crippen molar-refractivity contribution in [3.63, 3.8) is 0 Å². The molecule has 320 valence electrons. The molecule has 0 radical (unpaired) electrons. The molecule has 0 aromatic carbocycles. The van der Waals surface area contributed by atoms with Gasteiger partial charge in [0.2, 0.25) is 0 Å². The van der Waals surface area contributed by atoms with E-state index in [0.717, 1.165) is 63.7 Å². The summed E-state index contributed by atoms with van der Waals surface area (Å²) in [7, 11) is 0. The Morgan fingerprint density at radius 1 is 0.352 bits per heavy atom. The molecule has 54 heavy (non-hydrogen) atoms. The van der Waals surface area contributed by atoms with E-state index in [4.69, 9.17) is 14.2 Å². The van der Waals surface area contributed by atoms with Gasteiger partial charge >= 0.3 is 17.9 Å². The second-order valence-electron chi connectivity index (χ2n) is 16.9. The fraction of sp³-hybridized carbons (Fsp3) is 0.938. The molecular weight excluding hydrogens is 673 g/mol. The molecule has 0 fully saturated rings. The van der Waals surface area contributed by atoms with Gasteiger partial charge in [-0.25, -0.2) is 0 Å². The first-order valence-electron chi connectivity index (χ1n) is 23.9. The van der Waals surface area contributed by atoms with Crippen LogP contribution in [0.3, 0.4) is 0 Å². The van der Waals surface area contributed by atoms with E-state index in [1.54, 1.807) is 0 Å². The van der Waals surface area contributed by atoms with Gasteiger partial charge in [-0.3, -0.25) is 14.4 Å². The van der Waals surface area contributed by atoms with Gasteiger partial charge in [-0.15, -0.1) is 0 Å². The van der Waals surface area contributed by atoms with Crippen molar-refractivity contribution in [3.05, 3.63) is 0 Å². The summed E-state index contributed by atoms with van der Waals surface area (Å²) < 4.78 is 16.7. The zero-order valence-corrected chi connectivity index (χ0v) is 36.7. The lowest BCUT2D eigenvalue weighted by Crippen LogP contribution is -2.30. The van der Waals surface area contributed by atoms with Crippen LogP contribution in [0.5, 0.6) is 0 Å². The molecule has 0 N–H and O–H groups in total. The van der Waals surface area contributed by atoms with Crippen molar-refractivity contribution in [1.29, 1.82) is 0 Å². The molecule has 0 rings (SSSR count). The predicted molar refractivity (Wildman–Crippen MR) is 229 cm³/mol. The van der Waals surface area contributed by atoms with Crippen molar-refractivity contribution in [2.75, 3.05) is 13.2 Å². The van der Waals surface area contributed by atoms with Crippen LogP contribution in [-0.4, -0.2) is 37.2 Å². The monoisotopic (exact) mass is 765 g/mol. The fourth-order valence-electron chi connectivity index (χ4n) is 7.16. The Morgan fingerprint density at radius 2 is 0.611 bits per heavy atom. The maximum Gasteiger partial charge on any atom is 0.306 e. The van der Waals surface area contributed by atoms with Crippen LogP contribution >= 0.6 is 0 Å². The van der Waals surface area contributed by atoms with Crippen LogP contribution in [-0.2, 0) is 28.6 Å². The molecule has 0 saturated carbocycles. The van der Waals surface area contributed by atoms with Crippen LogP contribution in [0.2, 0.25) is 0 Å². The first kappa shape index (κ1) is 52.4. The molecule has 6 nitrogen and oxygen atoms in total. The van der Waals surface area contributed by atoms with E-state index in [1.807, 2.05) is 0 Å². The molecule has 0 aliphatic rings. The van der Waals surface area contributed by atoms with Gasteiger partial charge in [0.1, 0.15) is 13.2 Å². The molecule has 0 aromatic heterocycles. The van der Waals surface area contributed by atoms with Crippen molar-refractivity contribution in [3.8, 4) is 0 Å². The van der Waals surface area contributed by atoms with Gasteiger partial charge in [0.15, 0.2) is 6.10 Å². The Balaban J connectivity index is 4.32. The standard InChI is InChI=1S/C48H92O6/c1-5-7-9-11-13-15-17-19-21-22-27-31-35-39-46(49)52-42-45(43-53-47(50)40-36-32-28-25-24-26-30-34-38-44(3)4)54-48(51)41-37-33-29-23-20-18-16-14-12-10-8-6-2/h44-45H,5-43H2,1-4H3/t45-/m0/s1. The lowest BCUT2D eigenvalue weighted by Gasteiger charge is -2.18. The van der Waals surface area contributed by atoms with Crippen LogP contribution in [0.4, 0.5) is 0 Å². The minimum atomic E-state index is -0.759. The number of rotatable bonds is 43. The van der Waals surface area contributed by atoms with E-state index >= 15 is 0 Å². The van der Waals surface area contributed by atoms with Gasteiger partial charge in [-0.1, -0.05) is 227 Å². The maximum absolute atomic E-state index is 12.7. The molecule has 0 unspecified atom stereocenters. The lowest BCUT2D eigenvalue weighted by atomic mass is 10.0. The minimum Gasteiger partial charge on any atom is -0.462 e. The lowest BCUT2D eigenvalue weighted by molar-refractivity contribution is -0.167. The van der Waals surface area contributed by atoms with Crippen LogP contribution < -0.4 is 0 Å². The number of unbranched alkanes of at least 4 members (excludes halogenated alkanes) is 30. The number of esters is 3. The van der Waals surface area contributed by atoms with E-state index in [9.17, 15) is 14.4 Å². The Labute approximate surface area is 336 Å². The molecular formula is C48H92O6. The second kappa shape index (κ2) is 42.6. The molecule has 0 heterocycles. The Morgan fingerprint density at radius 3 is 0.907 bits per heavy atom. The van der Waals surface area contributed by atoms with Gasteiger partial charge in [0.25, 0.3) is 0 Å². The highest BCUT2D eigenvalue weighted by Crippen LogP contribution is 2.16. The predicted octanol–water partition coefficient (Wildman–Crippen LogP) is 15.1. The molecule has 0 aliphatic heterocycles. The van der Waals surface area contributed by atoms with Gasteiger partial charge in [0.05, 0.1) is 0 Å². The van der Waals surface area contributed by atoms with Gasteiger partial charge in [0, 0.05) is 19.3 Å². The summed E-state index contributed by atoms with van der Waals surface area (Å²) in [4.78, 5) is 37.8. The molecule has 6 heteroatoms. The minimum absolute atomic E-state index is 0.0636. The molecule has 1 atom stereocenters. The third kappa shape index (κ3) is 41.6. The summed E-state index contributed by atoms with van der Waals surface area (Å²) in [5.41, 5.74) is 0. The first-order chi connectivity index (χ1) is 26.4. The summed E-state index contributed by atoms with van der Waals surface area (Å²) in [6, 6.07) is 0. The van der Waals surface area contributed by atoms with Crippen LogP contribution in [0.25, 0.3) is 0 Å². The Bertz CT molecular complexity index is 811. The van der Waals surface area contributed by atoms with Crippen molar-refractivity contribution < 1.29 is 28.6 Å². The summed E-state index contributed by atoms with van der Waals surface area (Å²) >= 11 is 0. The Hall–Kier alpha value is -1.59. The zero-order chi connectivity index (χ0) is 39.6. The van der Waals surface area contributed by atoms with E-state index in [1.165, 1.54) is 161 Å². The Kier molecular flexibility index (Phi) is 41.3. The topological polar surface area (TPSA) is 78.9 Å². The highest BCUT2D eigenvalue weighted by atomic mass is 16.6. The number of hydrogen-bond acceptors (Lipinski definition) is 6. The highest BCUT2D eigenvalue weighted by Gasteiger charge is 2.19. The first-order valence-corrected chi connectivity index (χ1v) is 23.9. The van der Waals surface area contributed by atoms with E-state index < -0.39 is 6.10 Å². The van der Waals surface area contributed by atoms with E-state index in [-0.39, 0.29) is 31.1 Å². The molecule has 0 saturated heterocycles. The molecule has 0 amide bonds. The molecule has 0 aromatic rings. The summed E-state index contributed by atoms with van der Waals surface area (Å²) in [5, 5.41) is 0. The number of ether oxygens (including phenoxy) is 3.